The average Bonchev–Trinajstić information content (AvgIpc) is 2.38. The Hall–Kier alpha value is -2.23. The zero-order valence-corrected chi connectivity index (χ0v) is 9.85. The summed E-state index contributed by atoms with van der Waals surface area (Å²) in [6.07, 6.45) is 2.26. The number of rotatable bonds is 3. The second-order valence-corrected chi connectivity index (χ2v) is 3.91. The van der Waals surface area contributed by atoms with Crippen molar-refractivity contribution in [3.05, 3.63) is 53.6 Å². The number of carboxylic acids is 1. The number of hydrogen-bond acceptors (Lipinski definition) is 2. The van der Waals surface area contributed by atoms with Crippen LogP contribution in [-0.2, 0) is 6.42 Å². The Morgan fingerprint density at radius 2 is 2.11 bits per heavy atom. The lowest BCUT2D eigenvalue weighted by atomic mass is 10.0. The Kier molecular flexibility index (Phi) is 3.37. The smallest absolute Gasteiger partial charge is 0.357 e. The molecule has 0 spiro atoms. The van der Waals surface area contributed by atoms with E-state index in [1.54, 1.807) is 0 Å². The Morgan fingerprint density at radius 3 is 2.72 bits per heavy atom. The number of aryl methyl sites for hydroxylation is 1. The van der Waals surface area contributed by atoms with E-state index in [1.807, 2.05) is 31.2 Å². The molecular weight excluding hydrogens is 233 g/mol. The normalized spacial score (nSPS) is 10.3. The molecule has 2 aromatic rings. The maximum atomic E-state index is 13.5. The van der Waals surface area contributed by atoms with Crippen LogP contribution in [0.1, 0.15) is 23.0 Å². The van der Waals surface area contributed by atoms with Gasteiger partial charge in [-0.15, -0.1) is 0 Å². The van der Waals surface area contributed by atoms with Crippen molar-refractivity contribution in [3.8, 4) is 11.1 Å². The summed E-state index contributed by atoms with van der Waals surface area (Å²) in [5, 5.41) is 8.71. The third-order valence-electron chi connectivity index (χ3n) is 2.71. The zero-order valence-electron chi connectivity index (χ0n) is 9.85. The summed E-state index contributed by atoms with van der Waals surface area (Å²) in [7, 11) is 0. The van der Waals surface area contributed by atoms with E-state index < -0.39 is 17.5 Å². The molecule has 0 bridgehead atoms. The first-order valence-electron chi connectivity index (χ1n) is 5.60. The van der Waals surface area contributed by atoms with Crippen molar-refractivity contribution < 1.29 is 14.3 Å². The fourth-order valence-corrected chi connectivity index (χ4v) is 1.72. The Bertz CT molecular complexity index is 596. The first-order valence-corrected chi connectivity index (χ1v) is 5.60. The quantitative estimate of drug-likeness (QED) is 0.903. The van der Waals surface area contributed by atoms with Gasteiger partial charge in [0, 0.05) is 11.8 Å². The maximum absolute atomic E-state index is 13.5. The third-order valence-corrected chi connectivity index (χ3v) is 2.71. The second-order valence-electron chi connectivity index (χ2n) is 3.91. The van der Waals surface area contributed by atoms with E-state index >= 15 is 0 Å². The molecule has 0 amide bonds. The molecule has 1 N–H and O–H groups in total. The van der Waals surface area contributed by atoms with Crippen LogP contribution in [0.4, 0.5) is 4.39 Å². The van der Waals surface area contributed by atoms with Crippen LogP contribution in [0.25, 0.3) is 11.1 Å². The topological polar surface area (TPSA) is 50.2 Å². The standard InChI is InChI=1S/C14H12FNO2/c1-2-9-4-3-5-10(6-9)11-7-12(15)13(14(17)18)16-8-11/h3-8H,2H2,1H3,(H,17,18). The number of carboxylic acid groups (broad SMARTS) is 1. The molecule has 0 aliphatic carbocycles. The lowest BCUT2D eigenvalue weighted by Crippen LogP contribution is -2.04. The summed E-state index contributed by atoms with van der Waals surface area (Å²) in [6.45, 7) is 2.03. The summed E-state index contributed by atoms with van der Waals surface area (Å²) in [6, 6.07) is 8.86. The van der Waals surface area contributed by atoms with Crippen molar-refractivity contribution >= 4 is 5.97 Å². The molecule has 0 unspecified atom stereocenters. The molecule has 1 aromatic heterocycles. The van der Waals surface area contributed by atoms with Crippen LogP contribution in [-0.4, -0.2) is 16.1 Å². The first kappa shape index (κ1) is 12.2. The molecule has 4 heteroatoms. The molecule has 0 radical (unpaired) electrons. The first-order chi connectivity index (χ1) is 8.61. The van der Waals surface area contributed by atoms with E-state index in [1.165, 1.54) is 12.3 Å². The highest BCUT2D eigenvalue weighted by molar-refractivity contribution is 5.86. The number of aromatic nitrogens is 1. The van der Waals surface area contributed by atoms with Crippen LogP contribution in [0.2, 0.25) is 0 Å². The van der Waals surface area contributed by atoms with Crippen LogP contribution < -0.4 is 0 Å². The molecule has 3 nitrogen and oxygen atoms in total. The SMILES string of the molecule is CCc1cccc(-c2cnc(C(=O)O)c(F)c2)c1. The van der Waals surface area contributed by atoms with Crippen molar-refractivity contribution in [1.82, 2.24) is 4.98 Å². The zero-order chi connectivity index (χ0) is 13.1. The summed E-state index contributed by atoms with van der Waals surface area (Å²) in [5.74, 6) is -2.18. The third kappa shape index (κ3) is 2.37. The van der Waals surface area contributed by atoms with Gasteiger partial charge in [0.2, 0.25) is 0 Å². The van der Waals surface area contributed by atoms with Crippen molar-refractivity contribution in [2.75, 3.05) is 0 Å². The molecule has 92 valence electrons. The van der Waals surface area contributed by atoms with E-state index in [-0.39, 0.29) is 0 Å². The van der Waals surface area contributed by atoms with Crippen molar-refractivity contribution in [2.24, 2.45) is 0 Å². The Labute approximate surface area is 104 Å². The van der Waals surface area contributed by atoms with Gasteiger partial charge in [-0.05, 0) is 23.6 Å². The predicted molar refractivity (Wildman–Crippen MR) is 66.0 cm³/mol. The van der Waals surface area contributed by atoms with Gasteiger partial charge in [-0.2, -0.15) is 0 Å². The van der Waals surface area contributed by atoms with Crippen LogP contribution in [0.15, 0.2) is 36.5 Å². The molecule has 0 saturated heterocycles. The molecule has 0 atom stereocenters. The molecule has 1 heterocycles. The summed E-state index contributed by atoms with van der Waals surface area (Å²) in [5.41, 5.74) is 1.99. The van der Waals surface area contributed by atoms with Gasteiger partial charge in [-0.1, -0.05) is 31.2 Å². The number of halogens is 1. The van der Waals surface area contributed by atoms with Crippen molar-refractivity contribution in [2.45, 2.75) is 13.3 Å². The highest BCUT2D eigenvalue weighted by atomic mass is 19.1. The van der Waals surface area contributed by atoms with Gasteiger partial charge in [-0.25, -0.2) is 14.2 Å². The largest absolute Gasteiger partial charge is 0.476 e. The minimum atomic E-state index is -1.36. The summed E-state index contributed by atoms with van der Waals surface area (Å²) >= 11 is 0. The molecule has 18 heavy (non-hydrogen) atoms. The molecule has 0 saturated carbocycles. The molecular formula is C14H12FNO2. The molecule has 2 rings (SSSR count). The lowest BCUT2D eigenvalue weighted by Gasteiger charge is -2.05. The van der Waals surface area contributed by atoms with E-state index in [0.29, 0.717) is 5.56 Å². The lowest BCUT2D eigenvalue weighted by molar-refractivity contribution is 0.0685. The number of benzene rings is 1. The minimum absolute atomic E-state index is 0.551. The Morgan fingerprint density at radius 1 is 1.33 bits per heavy atom. The van der Waals surface area contributed by atoms with Crippen LogP contribution in [0, 0.1) is 5.82 Å². The highest BCUT2D eigenvalue weighted by Crippen LogP contribution is 2.21. The summed E-state index contributed by atoms with van der Waals surface area (Å²) in [4.78, 5) is 14.3. The van der Waals surface area contributed by atoms with Gasteiger partial charge in [-0.3, -0.25) is 0 Å². The van der Waals surface area contributed by atoms with Gasteiger partial charge in [0.05, 0.1) is 0 Å². The van der Waals surface area contributed by atoms with E-state index in [9.17, 15) is 9.18 Å². The fraction of sp³-hybridized carbons (Fsp3) is 0.143. The number of hydrogen-bond donors (Lipinski definition) is 1. The van der Waals surface area contributed by atoms with Crippen LogP contribution in [0.5, 0.6) is 0 Å². The van der Waals surface area contributed by atoms with Crippen molar-refractivity contribution in [3.63, 3.8) is 0 Å². The minimum Gasteiger partial charge on any atom is -0.476 e. The van der Waals surface area contributed by atoms with Gasteiger partial charge < -0.3 is 5.11 Å². The average molecular weight is 245 g/mol. The number of aromatic carboxylic acids is 1. The molecule has 0 aliphatic rings. The van der Waals surface area contributed by atoms with E-state index in [4.69, 9.17) is 5.11 Å². The van der Waals surface area contributed by atoms with Gasteiger partial charge in [0.1, 0.15) is 0 Å². The summed E-state index contributed by atoms with van der Waals surface area (Å²) < 4.78 is 13.5. The number of pyridine rings is 1. The van der Waals surface area contributed by atoms with Gasteiger partial charge in [0.15, 0.2) is 11.5 Å². The molecule has 1 aromatic carbocycles. The van der Waals surface area contributed by atoms with Gasteiger partial charge >= 0.3 is 5.97 Å². The molecule has 0 aliphatic heterocycles. The van der Waals surface area contributed by atoms with Crippen molar-refractivity contribution in [1.29, 1.82) is 0 Å². The van der Waals surface area contributed by atoms with E-state index in [0.717, 1.165) is 17.5 Å². The van der Waals surface area contributed by atoms with Gasteiger partial charge in [0.25, 0.3) is 0 Å². The van der Waals surface area contributed by atoms with Crippen LogP contribution in [0.3, 0.4) is 0 Å². The number of nitrogens with zero attached hydrogens (tertiary/aromatic N) is 1. The Balaban J connectivity index is 2.45. The molecule has 0 fully saturated rings. The van der Waals surface area contributed by atoms with Crippen LogP contribution >= 0.6 is 0 Å². The second kappa shape index (κ2) is 4.96. The maximum Gasteiger partial charge on any atom is 0.357 e. The monoisotopic (exact) mass is 245 g/mol. The predicted octanol–water partition coefficient (Wildman–Crippen LogP) is 3.15. The highest BCUT2D eigenvalue weighted by Gasteiger charge is 2.13. The number of carbonyl (C=O) groups is 1. The van der Waals surface area contributed by atoms with E-state index in [2.05, 4.69) is 4.98 Å². The fourth-order valence-electron chi connectivity index (χ4n) is 1.72.